The van der Waals surface area contributed by atoms with Crippen molar-refractivity contribution in [2.45, 2.75) is 105 Å². The predicted molar refractivity (Wildman–Crippen MR) is 318 cm³/mol. The molecule has 9 rings (SSSR count). The van der Waals surface area contributed by atoms with Gasteiger partial charge in [-0.2, -0.15) is 0 Å². The van der Waals surface area contributed by atoms with E-state index in [1.54, 1.807) is 0 Å². The van der Waals surface area contributed by atoms with Gasteiger partial charge in [0.25, 0.3) is 0 Å². The van der Waals surface area contributed by atoms with E-state index in [0.717, 1.165) is 189 Å². The molecule has 76 heavy (non-hydrogen) atoms. The van der Waals surface area contributed by atoms with Gasteiger partial charge < -0.3 is 28.9 Å². The number of nitrogens with zero attached hydrogens (tertiary/aromatic N) is 2. The van der Waals surface area contributed by atoms with Gasteiger partial charge in [0.15, 0.2) is 0 Å². The number of H-pyrrole nitrogens is 2. The van der Waals surface area contributed by atoms with Crippen LogP contribution in [0.15, 0.2) is 171 Å². The first-order valence-electron chi connectivity index (χ1n) is 27.4. The van der Waals surface area contributed by atoms with Crippen molar-refractivity contribution < 1.29 is 18.9 Å². The monoisotopic (exact) mass is 1010 g/mol. The summed E-state index contributed by atoms with van der Waals surface area (Å²) < 4.78 is 26.0. The molecule has 0 unspecified atom stereocenters. The summed E-state index contributed by atoms with van der Waals surface area (Å²) in [4.78, 5) is 19.0. The van der Waals surface area contributed by atoms with Crippen molar-refractivity contribution in [2.75, 3.05) is 0 Å². The first-order valence-corrected chi connectivity index (χ1v) is 27.4. The van der Waals surface area contributed by atoms with Crippen LogP contribution >= 0.6 is 0 Å². The third kappa shape index (κ3) is 12.6. The summed E-state index contributed by atoms with van der Waals surface area (Å²) in [6, 6.07) is 41.3. The minimum Gasteiger partial charge on any atom is -0.465 e. The minimum atomic E-state index is 0.719. The van der Waals surface area contributed by atoms with Gasteiger partial charge in [-0.15, -0.1) is 0 Å². The molecule has 0 atom stereocenters. The van der Waals surface area contributed by atoms with Gasteiger partial charge in [0.2, 0.25) is 0 Å². The third-order valence-electron chi connectivity index (χ3n) is 13.4. The standard InChI is InChI=1S/C68H70N4O4/c1-5-9-13-25-45-73-61-33-21-17-29-49(61)65-53-37-39-55(69-53)66(50-30-18-22-34-62(50)74-46-26-14-10-6-2)57-41-43-59(71-57)68(52-32-20-24-36-64(52)76-48-28-16-12-8-4)60-44-42-58(72-60)67(56-40-38-54(65)70-56)51-31-19-23-35-63(51)75-47-27-15-11-7-3/h17-48,69,72H,5-16H2,1-4H3. The number of aromatic amines is 2. The van der Waals surface area contributed by atoms with Crippen LogP contribution in [0.1, 0.15) is 128 Å². The van der Waals surface area contributed by atoms with E-state index in [1.165, 1.54) is 0 Å². The van der Waals surface area contributed by atoms with Crippen LogP contribution in [0, 0.1) is 0 Å². The Morgan fingerprint density at radius 2 is 0.566 bits per heavy atom. The number of para-hydroxylation sites is 4. The van der Waals surface area contributed by atoms with Crippen LogP contribution in [0.4, 0.5) is 0 Å². The van der Waals surface area contributed by atoms with Crippen molar-refractivity contribution >= 4 is 46.4 Å². The maximum Gasteiger partial charge on any atom is 0.134 e. The zero-order valence-corrected chi connectivity index (χ0v) is 44.5. The lowest BCUT2D eigenvalue weighted by Crippen LogP contribution is -1.93. The second-order valence-electron chi connectivity index (χ2n) is 19.0. The highest BCUT2D eigenvalue weighted by Crippen LogP contribution is 2.44. The zero-order chi connectivity index (χ0) is 52.3. The Kier molecular flexibility index (Phi) is 18.5. The Hall–Kier alpha value is -8.36. The van der Waals surface area contributed by atoms with Crippen molar-refractivity contribution in [2.24, 2.45) is 0 Å². The van der Waals surface area contributed by atoms with Gasteiger partial charge in [0, 0.05) is 66.6 Å². The first kappa shape index (κ1) is 52.5. The lowest BCUT2D eigenvalue weighted by atomic mass is 10.0. The maximum atomic E-state index is 6.51. The highest BCUT2D eigenvalue weighted by molar-refractivity contribution is 6.01. The van der Waals surface area contributed by atoms with Crippen LogP contribution in [0.5, 0.6) is 23.0 Å². The molecule has 386 valence electrons. The summed E-state index contributed by atoms with van der Waals surface area (Å²) in [5.41, 5.74) is 13.6. The van der Waals surface area contributed by atoms with Gasteiger partial charge in [-0.05, 0) is 149 Å². The lowest BCUT2D eigenvalue weighted by Gasteiger charge is -2.12. The van der Waals surface area contributed by atoms with Crippen LogP contribution in [-0.4, -0.2) is 19.9 Å². The Bertz CT molecular complexity index is 3010. The molecule has 8 bridgehead atoms. The highest BCUT2D eigenvalue weighted by Gasteiger charge is 2.23. The summed E-state index contributed by atoms with van der Waals surface area (Å²) in [6.07, 6.45) is 36.7. The van der Waals surface area contributed by atoms with Crippen molar-refractivity contribution in [3.05, 3.63) is 193 Å². The molecule has 7 aromatic rings. The molecule has 4 aromatic carbocycles. The molecular weight excluding hydrogens is 937 g/mol. The van der Waals surface area contributed by atoms with Crippen molar-refractivity contribution in [1.82, 2.24) is 19.9 Å². The quantitative estimate of drug-likeness (QED) is 0.0463. The normalized spacial score (nSPS) is 12.3. The summed E-state index contributed by atoms with van der Waals surface area (Å²) >= 11 is 0. The molecule has 0 aliphatic carbocycles. The average Bonchev–Trinajstić information content (AvgIpc) is 4.32. The fourth-order valence-corrected chi connectivity index (χ4v) is 9.49. The smallest absolute Gasteiger partial charge is 0.134 e. The molecule has 8 nitrogen and oxygen atoms in total. The number of hydrogen-bond donors (Lipinski definition) is 2. The Balaban J connectivity index is 1.39. The van der Waals surface area contributed by atoms with Gasteiger partial charge in [0.1, 0.15) is 23.0 Å². The van der Waals surface area contributed by atoms with Crippen molar-refractivity contribution in [3.8, 4) is 67.5 Å². The van der Waals surface area contributed by atoms with Crippen LogP contribution in [0.2, 0.25) is 0 Å². The Morgan fingerprint density at radius 3 is 0.803 bits per heavy atom. The largest absolute Gasteiger partial charge is 0.465 e. The van der Waals surface area contributed by atoms with E-state index in [-0.39, 0.29) is 0 Å². The van der Waals surface area contributed by atoms with Crippen molar-refractivity contribution in [1.29, 1.82) is 0 Å². The number of fused-ring (bicyclic) bond motifs is 8. The third-order valence-corrected chi connectivity index (χ3v) is 13.4. The van der Waals surface area contributed by atoms with Gasteiger partial charge in [-0.1, -0.05) is 126 Å². The minimum absolute atomic E-state index is 0.719. The summed E-state index contributed by atoms with van der Waals surface area (Å²) in [6.45, 7) is 8.80. The van der Waals surface area contributed by atoms with E-state index in [9.17, 15) is 0 Å². The molecule has 2 aliphatic heterocycles. The molecule has 3 aromatic heterocycles. The van der Waals surface area contributed by atoms with E-state index in [2.05, 4.69) is 159 Å². The van der Waals surface area contributed by atoms with E-state index in [0.29, 0.717) is 0 Å². The Labute approximate surface area is 448 Å². The molecule has 0 fully saturated rings. The second kappa shape index (κ2) is 26.7. The highest BCUT2D eigenvalue weighted by atomic mass is 16.5. The molecule has 2 N–H and O–H groups in total. The van der Waals surface area contributed by atoms with Gasteiger partial charge in [-0.25, -0.2) is 9.97 Å². The SMILES string of the molecule is CCCCC=COc1ccccc1-c1c2nc(c(-c3ccccc3OC=CCCCC)c3ccc([nH]3)c(-c3ccccc3OC=CCCCC)c3nc(c(-c4ccccc4OC=CCCCC)c4ccc1[nH]4)C=C3)C=C2. The lowest BCUT2D eigenvalue weighted by molar-refractivity contribution is 0.479. The van der Waals surface area contributed by atoms with Gasteiger partial charge >= 0.3 is 0 Å². The number of ether oxygens (including phenoxy) is 4. The number of benzene rings is 4. The average molecular weight is 1010 g/mol. The van der Waals surface area contributed by atoms with Crippen LogP contribution in [-0.2, 0) is 0 Å². The molecular formula is C68H70N4O4. The van der Waals surface area contributed by atoms with Gasteiger partial charge in [-0.3, -0.25) is 0 Å². The molecule has 0 radical (unpaired) electrons. The fraction of sp³-hybridized carbons (Fsp3) is 0.235. The second-order valence-corrected chi connectivity index (χ2v) is 19.0. The van der Waals surface area contributed by atoms with Crippen LogP contribution < -0.4 is 18.9 Å². The number of unbranched alkanes of at least 4 members (excludes halogenated alkanes) is 8. The molecule has 5 heterocycles. The first-order chi connectivity index (χ1) is 37.6. The Morgan fingerprint density at radius 1 is 0.329 bits per heavy atom. The summed E-state index contributed by atoms with van der Waals surface area (Å²) in [5.74, 6) is 2.87. The van der Waals surface area contributed by atoms with Crippen LogP contribution in [0.3, 0.4) is 0 Å². The van der Waals surface area contributed by atoms with E-state index in [4.69, 9.17) is 28.9 Å². The molecule has 0 amide bonds. The number of rotatable bonds is 24. The van der Waals surface area contributed by atoms with E-state index in [1.807, 2.05) is 73.6 Å². The fourth-order valence-electron chi connectivity index (χ4n) is 9.49. The molecule has 0 saturated heterocycles. The summed E-state index contributed by atoms with van der Waals surface area (Å²) in [7, 11) is 0. The van der Waals surface area contributed by atoms with E-state index >= 15 is 0 Å². The van der Waals surface area contributed by atoms with Crippen molar-refractivity contribution in [3.63, 3.8) is 0 Å². The molecule has 0 saturated carbocycles. The number of nitrogens with one attached hydrogen (secondary N) is 2. The molecule has 0 spiro atoms. The number of aromatic nitrogens is 4. The summed E-state index contributed by atoms with van der Waals surface area (Å²) in [5, 5.41) is 0. The van der Waals surface area contributed by atoms with Gasteiger partial charge in [0.05, 0.1) is 47.8 Å². The molecule has 2 aliphatic rings. The maximum absolute atomic E-state index is 6.51. The number of hydrogen-bond acceptors (Lipinski definition) is 6. The van der Waals surface area contributed by atoms with E-state index < -0.39 is 0 Å². The van der Waals surface area contributed by atoms with Crippen LogP contribution in [0.25, 0.3) is 90.9 Å². The number of allylic oxidation sites excluding steroid dienone is 4. The predicted octanol–water partition coefficient (Wildman–Crippen LogP) is 19.7. The topological polar surface area (TPSA) is 94.3 Å². The zero-order valence-electron chi connectivity index (χ0n) is 44.5. The molecule has 8 heteroatoms.